The van der Waals surface area contributed by atoms with Crippen LogP contribution in [0.25, 0.3) is 16.7 Å². The van der Waals surface area contributed by atoms with Crippen LogP contribution in [0.4, 0.5) is 0 Å². The van der Waals surface area contributed by atoms with E-state index in [2.05, 4.69) is 20.9 Å². The van der Waals surface area contributed by atoms with Gasteiger partial charge in [-0.05, 0) is 42.8 Å². The number of aromatic nitrogens is 2. The van der Waals surface area contributed by atoms with Crippen molar-refractivity contribution in [3.63, 3.8) is 0 Å². The molecule has 0 aliphatic heterocycles. The number of nitrogens with zero attached hydrogens (tertiary/aromatic N) is 1. The predicted molar refractivity (Wildman–Crippen MR) is 83.3 cm³/mol. The van der Waals surface area contributed by atoms with Gasteiger partial charge >= 0.3 is 11.7 Å². The summed E-state index contributed by atoms with van der Waals surface area (Å²) in [6.45, 7) is 1.95. The van der Waals surface area contributed by atoms with Crippen LogP contribution in [0.1, 0.15) is 15.9 Å². The molecule has 2 aromatic carbocycles. The summed E-state index contributed by atoms with van der Waals surface area (Å²) < 4.78 is 2.35. The van der Waals surface area contributed by atoms with Crippen molar-refractivity contribution >= 4 is 32.9 Å². The number of H-pyrrole nitrogens is 1. The van der Waals surface area contributed by atoms with Gasteiger partial charge in [0.05, 0.1) is 22.3 Å². The van der Waals surface area contributed by atoms with Crippen molar-refractivity contribution < 1.29 is 9.90 Å². The lowest BCUT2D eigenvalue weighted by Crippen LogP contribution is -2.14. The third-order valence-electron chi connectivity index (χ3n) is 3.34. The maximum Gasteiger partial charge on any atom is 0.335 e. The average Bonchev–Trinajstić information content (AvgIpc) is 2.77. The standard InChI is InChI=1S/C15H11BrN2O3/c1-8-2-4-10(7-11(8)16)18-13-6-9(14(19)20)3-5-12(13)17-15(18)21/h2-7H,1H3,(H,17,21)(H,19,20). The lowest BCUT2D eigenvalue weighted by atomic mass is 10.2. The van der Waals surface area contributed by atoms with Gasteiger partial charge in [-0.15, -0.1) is 0 Å². The van der Waals surface area contributed by atoms with Gasteiger partial charge in [-0.2, -0.15) is 0 Å². The number of aromatic carboxylic acids is 1. The quantitative estimate of drug-likeness (QED) is 0.748. The van der Waals surface area contributed by atoms with E-state index in [0.717, 1.165) is 10.0 Å². The van der Waals surface area contributed by atoms with Crippen LogP contribution in [0.3, 0.4) is 0 Å². The molecule has 0 saturated carbocycles. The molecule has 0 amide bonds. The number of carboxylic acid groups (broad SMARTS) is 1. The van der Waals surface area contributed by atoms with Gasteiger partial charge in [0.25, 0.3) is 0 Å². The molecule has 0 bridgehead atoms. The number of hydrogen-bond acceptors (Lipinski definition) is 2. The third-order valence-corrected chi connectivity index (χ3v) is 4.20. The highest BCUT2D eigenvalue weighted by Crippen LogP contribution is 2.22. The Morgan fingerprint density at radius 2 is 2.00 bits per heavy atom. The fourth-order valence-corrected chi connectivity index (χ4v) is 2.58. The highest BCUT2D eigenvalue weighted by molar-refractivity contribution is 9.10. The Balaban J connectivity index is 2.32. The van der Waals surface area contributed by atoms with Gasteiger partial charge in [-0.25, -0.2) is 9.59 Å². The van der Waals surface area contributed by atoms with Crippen LogP contribution in [0.5, 0.6) is 0 Å². The van der Waals surface area contributed by atoms with E-state index in [1.165, 1.54) is 16.7 Å². The average molecular weight is 347 g/mol. The maximum atomic E-state index is 12.2. The Morgan fingerprint density at radius 1 is 1.24 bits per heavy atom. The Morgan fingerprint density at radius 3 is 2.67 bits per heavy atom. The Bertz CT molecular complexity index is 924. The van der Waals surface area contributed by atoms with Crippen molar-refractivity contribution in [3.8, 4) is 5.69 Å². The van der Waals surface area contributed by atoms with Crippen molar-refractivity contribution in [2.75, 3.05) is 0 Å². The highest BCUT2D eigenvalue weighted by Gasteiger charge is 2.12. The first kappa shape index (κ1) is 13.6. The number of halogens is 1. The van der Waals surface area contributed by atoms with Gasteiger partial charge in [0.2, 0.25) is 0 Å². The summed E-state index contributed by atoms with van der Waals surface area (Å²) in [5.74, 6) is -1.03. The molecule has 3 aromatic rings. The van der Waals surface area contributed by atoms with Crippen LogP contribution in [-0.2, 0) is 0 Å². The molecule has 21 heavy (non-hydrogen) atoms. The number of carbonyl (C=O) groups is 1. The Kier molecular flexibility index (Phi) is 3.17. The molecule has 0 aliphatic rings. The molecule has 0 unspecified atom stereocenters. The molecule has 3 rings (SSSR count). The zero-order chi connectivity index (χ0) is 15.1. The molecule has 0 atom stereocenters. The number of carboxylic acids is 1. The van der Waals surface area contributed by atoms with Crippen LogP contribution in [0, 0.1) is 6.92 Å². The minimum absolute atomic E-state index is 0.140. The number of aromatic amines is 1. The maximum absolute atomic E-state index is 12.2. The Labute approximate surface area is 128 Å². The van der Waals surface area contributed by atoms with E-state index in [1.54, 1.807) is 6.07 Å². The van der Waals surface area contributed by atoms with E-state index in [9.17, 15) is 9.59 Å². The first-order chi connectivity index (χ1) is 9.97. The minimum Gasteiger partial charge on any atom is -0.478 e. The van der Waals surface area contributed by atoms with E-state index >= 15 is 0 Å². The van der Waals surface area contributed by atoms with E-state index in [1.807, 2.05) is 25.1 Å². The summed E-state index contributed by atoms with van der Waals surface area (Å²) in [7, 11) is 0. The van der Waals surface area contributed by atoms with Crippen LogP contribution in [-0.4, -0.2) is 20.6 Å². The molecular weight excluding hydrogens is 336 g/mol. The molecular formula is C15H11BrN2O3. The first-order valence-electron chi connectivity index (χ1n) is 6.22. The summed E-state index contributed by atoms with van der Waals surface area (Å²) >= 11 is 3.44. The second kappa shape index (κ2) is 4.89. The fraction of sp³-hybridized carbons (Fsp3) is 0.0667. The lowest BCUT2D eigenvalue weighted by Gasteiger charge is -2.06. The van der Waals surface area contributed by atoms with Crippen LogP contribution >= 0.6 is 15.9 Å². The number of aryl methyl sites for hydroxylation is 1. The summed E-state index contributed by atoms with van der Waals surface area (Å²) in [6, 6.07) is 10.1. The zero-order valence-corrected chi connectivity index (χ0v) is 12.6. The number of hydrogen-bond donors (Lipinski definition) is 2. The molecule has 1 heterocycles. The molecule has 0 radical (unpaired) electrons. The highest BCUT2D eigenvalue weighted by atomic mass is 79.9. The first-order valence-corrected chi connectivity index (χ1v) is 7.01. The van der Waals surface area contributed by atoms with Gasteiger partial charge < -0.3 is 10.1 Å². The van der Waals surface area contributed by atoms with E-state index in [4.69, 9.17) is 5.11 Å². The van der Waals surface area contributed by atoms with Gasteiger partial charge in [0, 0.05) is 4.47 Å². The second-order valence-corrected chi connectivity index (χ2v) is 5.59. The van der Waals surface area contributed by atoms with Crippen molar-refractivity contribution in [2.45, 2.75) is 6.92 Å². The number of nitrogens with one attached hydrogen (secondary N) is 1. The smallest absolute Gasteiger partial charge is 0.335 e. The summed E-state index contributed by atoms with van der Waals surface area (Å²) in [6.07, 6.45) is 0. The number of benzene rings is 2. The van der Waals surface area contributed by atoms with Crippen molar-refractivity contribution in [1.29, 1.82) is 0 Å². The van der Waals surface area contributed by atoms with Crippen molar-refractivity contribution in [3.05, 3.63) is 62.5 Å². The third kappa shape index (κ3) is 2.27. The van der Waals surface area contributed by atoms with E-state index in [0.29, 0.717) is 16.7 Å². The molecule has 0 saturated heterocycles. The Hall–Kier alpha value is -2.34. The number of imidazole rings is 1. The van der Waals surface area contributed by atoms with Crippen LogP contribution < -0.4 is 5.69 Å². The monoisotopic (exact) mass is 346 g/mol. The molecule has 6 heteroatoms. The van der Waals surface area contributed by atoms with Crippen molar-refractivity contribution in [2.24, 2.45) is 0 Å². The van der Waals surface area contributed by atoms with E-state index in [-0.39, 0.29) is 11.3 Å². The normalized spacial score (nSPS) is 11.0. The molecule has 106 valence electrons. The summed E-state index contributed by atoms with van der Waals surface area (Å²) in [4.78, 5) is 26.0. The summed E-state index contributed by atoms with van der Waals surface area (Å²) in [5.41, 5.74) is 2.70. The molecule has 2 N–H and O–H groups in total. The van der Waals surface area contributed by atoms with Crippen LogP contribution in [0.15, 0.2) is 45.7 Å². The fourth-order valence-electron chi connectivity index (χ4n) is 2.21. The van der Waals surface area contributed by atoms with Gasteiger partial charge in [0.15, 0.2) is 0 Å². The number of rotatable bonds is 2. The molecule has 0 fully saturated rings. The molecule has 0 spiro atoms. The zero-order valence-electron chi connectivity index (χ0n) is 11.1. The second-order valence-electron chi connectivity index (χ2n) is 4.74. The SMILES string of the molecule is Cc1ccc(-n2c(=O)[nH]c3ccc(C(=O)O)cc32)cc1Br. The molecule has 0 aliphatic carbocycles. The predicted octanol–water partition coefficient (Wildman–Crippen LogP) is 3.09. The van der Waals surface area contributed by atoms with Gasteiger partial charge in [0.1, 0.15) is 0 Å². The number of fused-ring (bicyclic) bond motifs is 1. The van der Waals surface area contributed by atoms with Gasteiger partial charge in [-0.3, -0.25) is 4.57 Å². The van der Waals surface area contributed by atoms with Crippen LogP contribution in [0.2, 0.25) is 0 Å². The minimum atomic E-state index is -1.03. The summed E-state index contributed by atoms with van der Waals surface area (Å²) in [5, 5.41) is 9.09. The van der Waals surface area contributed by atoms with Gasteiger partial charge in [-0.1, -0.05) is 22.0 Å². The molecule has 5 nitrogen and oxygen atoms in total. The topological polar surface area (TPSA) is 75.1 Å². The van der Waals surface area contributed by atoms with Crippen molar-refractivity contribution in [1.82, 2.24) is 9.55 Å². The largest absolute Gasteiger partial charge is 0.478 e. The molecule has 1 aromatic heterocycles. The van der Waals surface area contributed by atoms with E-state index < -0.39 is 5.97 Å². The lowest BCUT2D eigenvalue weighted by molar-refractivity contribution is 0.0697.